The van der Waals surface area contributed by atoms with E-state index in [0.29, 0.717) is 16.9 Å². The van der Waals surface area contributed by atoms with Gasteiger partial charge in [0.2, 0.25) is 5.65 Å². The van der Waals surface area contributed by atoms with E-state index in [-0.39, 0.29) is 11.5 Å². The number of aryl methyl sites for hydroxylation is 1. The fourth-order valence-electron chi connectivity index (χ4n) is 2.19. The Balaban J connectivity index is 1.79. The van der Waals surface area contributed by atoms with Crippen molar-refractivity contribution >= 4 is 11.2 Å². The van der Waals surface area contributed by atoms with Gasteiger partial charge in [0.05, 0.1) is 5.69 Å². The molecule has 0 atom stereocenters. The van der Waals surface area contributed by atoms with Crippen molar-refractivity contribution < 1.29 is 18.3 Å². The van der Waals surface area contributed by atoms with Gasteiger partial charge in [-0.2, -0.15) is 0 Å². The van der Waals surface area contributed by atoms with E-state index >= 15 is 0 Å². The lowest BCUT2D eigenvalue weighted by Crippen LogP contribution is -2.25. The number of nitrogens with zero attached hydrogens (tertiary/aromatic N) is 4. The fraction of sp³-hybridized carbons (Fsp3) is 0.154. The molecule has 21 heavy (non-hydrogen) atoms. The molecule has 1 aliphatic rings. The summed E-state index contributed by atoms with van der Waals surface area (Å²) in [6.45, 7) is 0. The Bertz CT molecular complexity index is 862. The van der Waals surface area contributed by atoms with Gasteiger partial charge in [0.1, 0.15) is 5.52 Å². The first-order chi connectivity index (χ1) is 10.0. The highest BCUT2D eigenvalue weighted by Crippen LogP contribution is 2.42. The number of halogens is 2. The van der Waals surface area contributed by atoms with Gasteiger partial charge in [-0.25, -0.2) is 9.67 Å². The van der Waals surface area contributed by atoms with Crippen LogP contribution in [0.2, 0.25) is 0 Å². The molecule has 0 bridgehead atoms. The summed E-state index contributed by atoms with van der Waals surface area (Å²) in [6, 6.07) is 8.10. The van der Waals surface area contributed by atoms with E-state index in [1.165, 1.54) is 12.1 Å². The lowest BCUT2D eigenvalue weighted by atomic mass is 10.1. The van der Waals surface area contributed by atoms with Gasteiger partial charge in [0, 0.05) is 12.6 Å². The van der Waals surface area contributed by atoms with E-state index in [9.17, 15) is 8.78 Å². The predicted octanol–water partition coefficient (Wildman–Crippen LogP) is 2.35. The molecule has 1 aromatic carbocycles. The number of fused-ring (bicyclic) bond motifs is 2. The van der Waals surface area contributed by atoms with E-state index in [0.717, 1.165) is 5.52 Å². The van der Waals surface area contributed by atoms with E-state index in [1.807, 2.05) is 6.07 Å². The lowest BCUT2D eigenvalue weighted by Gasteiger charge is -2.04. The smallest absolute Gasteiger partial charge is 0.395 e. The van der Waals surface area contributed by atoms with Crippen LogP contribution in [-0.2, 0) is 7.05 Å². The normalized spacial score (nSPS) is 15.6. The van der Waals surface area contributed by atoms with Gasteiger partial charge in [0.25, 0.3) is 0 Å². The molecule has 3 heterocycles. The minimum Gasteiger partial charge on any atom is -0.395 e. The third-order valence-electron chi connectivity index (χ3n) is 3.17. The Morgan fingerprint density at radius 3 is 2.76 bits per heavy atom. The molecular formula is C13H8F2N4O2. The van der Waals surface area contributed by atoms with Gasteiger partial charge in [-0.05, 0) is 30.3 Å². The van der Waals surface area contributed by atoms with E-state index in [1.54, 1.807) is 23.9 Å². The second kappa shape index (κ2) is 3.87. The second-order valence-electron chi connectivity index (χ2n) is 4.58. The Morgan fingerprint density at radius 1 is 1.10 bits per heavy atom. The van der Waals surface area contributed by atoms with Crippen molar-refractivity contribution in [1.82, 2.24) is 20.0 Å². The van der Waals surface area contributed by atoms with Crippen LogP contribution in [0, 0.1) is 0 Å². The molecule has 8 heteroatoms. The third-order valence-corrected chi connectivity index (χ3v) is 3.17. The van der Waals surface area contributed by atoms with Crippen LogP contribution in [0.15, 0.2) is 30.3 Å². The zero-order chi connectivity index (χ0) is 14.6. The molecule has 4 rings (SSSR count). The summed E-state index contributed by atoms with van der Waals surface area (Å²) in [6.07, 6.45) is -3.62. The third kappa shape index (κ3) is 1.87. The summed E-state index contributed by atoms with van der Waals surface area (Å²) in [4.78, 5) is 4.35. The molecule has 106 valence electrons. The average Bonchev–Trinajstić information content (AvgIpc) is 2.96. The Morgan fingerprint density at radius 2 is 1.90 bits per heavy atom. The van der Waals surface area contributed by atoms with E-state index < -0.39 is 6.29 Å². The van der Waals surface area contributed by atoms with Crippen LogP contribution in [0.5, 0.6) is 11.5 Å². The number of benzene rings is 1. The van der Waals surface area contributed by atoms with Gasteiger partial charge >= 0.3 is 6.29 Å². The van der Waals surface area contributed by atoms with Gasteiger partial charge in [-0.1, -0.05) is 5.21 Å². The Hall–Kier alpha value is -2.77. The van der Waals surface area contributed by atoms with Crippen molar-refractivity contribution in [2.75, 3.05) is 0 Å². The maximum atomic E-state index is 13.0. The highest BCUT2D eigenvalue weighted by Gasteiger charge is 2.43. The van der Waals surface area contributed by atoms with E-state index in [2.05, 4.69) is 24.8 Å². The molecule has 1 aliphatic heterocycles. The fourth-order valence-corrected chi connectivity index (χ4v) is 2.19. The molecule has 6 nitrogen and oxygen atoms in total. The average molecular weight is 290 g/mol. The highest BCUT2D eigenvalue weighted by atomic mass is 19.3. The highest BCUT2D eigenvalue weighted by molar-refractivity contribution is 5.75. The zero-order valence-electron chi connectivity index (χ0n) is 10.7. The van der Waals surface area contributed by atoms with Crippen LogP contribution in [0.4, 0.5) is 8.78 Å². The molecule has 0 spiro atoms. The summed E-state index contributed by atoms with van der Waals surface area (Å²) in [5.74, 6) is -0.0112. The van der Waals surface area contributed by atoms with Crippen LogP contribution in [0.3, 0.4) is 0 Å². The van der Waals surface area contributed by atoms with Crippen molar-refractivity contribution in [3.8, 4) is 22.8 Å². The monoisotopic (exact) mass is 290 g/mol. The molecule has 0 saturated carbocycles. The van der Waals surface area contributed by atoms with Crippen molar-refractivity contribution in [2.45, 2.75) is 6.29 Å². The van der Waals surface area contributed by atoms with Crippen LogP contribution in [0.1, 0.15) is 0 Å². The SMILES string of the molecule is Cn1nnc2nc(-c3ccc4c(c3)OC(F)(F)O4)ccc21. The molecule has 0 saturated heterocycles. The summed E-state index contributed by atoms with van der Waals surface area (Å²) in [5, 5.41) is 7.79. The minimum atomic E-state index is -3.62. The number of hydrogen-bond acceptors (Lipinski definition) is 5. The van der Waals surface area contributed by atoms with Gasteiger partial charge in [-0.3, -0.25) is 0 Å². The van der Waals surface area contributed by atoms with Gasteiger partial charge in [-0.15, -0.1) is 13.9 Å². The van der Waals surface area contributed by atoms with Crippen molar-refractivity contribution in [3.63, 3.8) is 0 Å². The van der Waals surface area contributed by atoms with Crippen molar-refractivity contribution in [1.29, 1.82) is 0 Å². The molecule has 0 unspecified atom stereocenters. The summed E-state index contributed by atoms with van der Waals surface area (Å²) < 4.78 is 36.4. The quantitative estimate of drug-likeness (QED) is 0.688. The minimum absolute atomic E-state index is 0.00401. The standard InChI is InChI=1S/C13H8F2N4O2/c1-19-9-4-3-8(16-12(9)17-18-19)7-2-5-10-11(6-7)21-13(14,15)20-10/h2-6H,1H3. The van der Waals surface area contributed by atoms with Crippen molar-refractivity contribution in [2.24, 2.45) is 7.05 Å². The van der Waals surface area contributed by atoms with Crippen LogP contribution in [0.25, 0.3) is 22.4 Å². The molecule has 0 amide bonds. The molecule has 0 N–H and O–H groups in total. The van der Waals surface area contributed by atoms with E-state index in [4.69, 9.17) is 0 Å². The first kappa shape index (κ1) is 12.0. The molecule has 0 aliphatic carbocycles. The summed E-state index contributed by atoms with van der Waals surface area (Å²) >= 11 is 0. The molecule has 0 radical (unpaired) electrons. The first-order valence-corrected chi connectivity index (χ1v) is 6.08. The van der Waals surface area contributed by atoms with Crippen LogP contribution >= 0.6 is 0 Å². The number of rotatable bonds is 1. The lowest BCUT2D eigenvalue weighted by molar-refractivity contribution is -0.286. The summed E-state index contributed by atoms with van der Waals surface area (Å²) in [5.41, 5.74) is 2.48. The Labute approximate surface area is 116 Å². The number of ether oxygens (including phenoxy) is 2. The maximum absolute atomic E-state index is 13.0. The second-order valence-corrected chi connectivity index (χ2v) is 4.58. The molecule has 0 fully saturated rings. The predicted molar refractivity (Wildman–Crippen MR) is 67.9 cm³/mol. The number of alkyl halides is 2. The molecule has 2 aromatic heterocycles. The number of aromatic nitrogens is 4. The summed E-state index contributed by atoms with van der Waals surface area (Å²) in [7, 11) is 1.76. The molecule has 3 aromatic rings. The largest absolute Gasteiger partial charge is 0.586 e. The van der Waals surface area contributed by atoms with Crippen molar-refractivity contribution in [3.05, 3.63) is 30.3 Å². The number of hydrogen-bond donors (Lipinski definition) is 0. The molecular weight excluding hydrogens is 282 g/mol. The Kier molecular flexibility index (Phi) is 2.21. The zero-order valence-corrected chi connectivity index (χ0v) is 10.7. The maximum Gasteiger partial charge on any atom is 0.586 e. The van der Waals surface area contributed by atoms with Gasteiger partial charge in [0.15, 0.2) is 11.5 Å². The number of pyridine rings is 1. The van der Waals surface area contributed by atoms with Gasteiger partial charge < -0.3 is 9.47 Å². The topological polar surface area (TPSA) is 62.1 Å². The first-order valence-electron chi connectivity index (χ1n) is 6.08. The van der Waals surface area contributed by atoms with Crippen LogP contribution in [-0.4, -0.2) is 26.3 Å². The van der Waals surface area contributed by atoms with Crippen LogP contribution < -0.4 is 9.47 Å².